The monoisotopic (exact) mass is 529 g/mol. The van der Waals surface area contributed by atoms with Crippen LogP contribution in [0.15, 0.2) is 55.4 Å². The molecule has 38 heavy (non-hydrogen) atoms. The smallest absolute Gasteiger partial charge is 0.253 e. The van der Waals surface area contributed by atoms with Gasteiger partial charge in [0.1, 0.15) is 0 Å². The highest BCUT2D eigenvalue weighted by Gasteiger charge is 2.32. The first kappa shape index (κ1) is 25.4. The maximum atomic E-state index is 12.8. The van der Waals surface area contributed by atoms with E-state index in [1.807, 2.05) is 35.9 Å². The molecule has 5 rings (SSSR count). The van der Waals surface area contributed by atoms with Crippen molar-refractivity contribution < 1.29 is 14.3 Å². The van der Waals surface area contributed by atoms with Gasteiger partial charge < -0.3 is 15.0 Å². The third-order valence-corrected chi connectivity index (χ3v) is 7.26. The van der Waals surface area contributed by atoms with Gasteiger partial charge in [-0.2, -0.15) is 0 Å². The summed E-state index contributed by atoms with van der Waals surface area (Å²) in [7, 11) is 1.56. The Morgan fingerprint density at radius 1 is 1.32 bits per heavy atom. The number of likely N-dealkylation sites (tertiary alicyclic amines) is 1. The molecule has 0 saturated carbocycles. The van der Waals surface area contributed by atoms with Gasteiger partial charge in [0.2, 0.25) is 5.91 Å². The van der Waals surface area contributed by atoms with E-state index in [1.165, 1.54) is 6.08 Å². The first-order valence-corrected chi connectivity index (χ1v) is 12.8. The van der Waals surface area contributed by atoms with Crippen LogP contribution in [0.4, 0.5) is 5.69 Å². The van der Waals surface area contributed by atoms with Crippen LogP contribution in [0.25, 0.3) is 11.3 Å². The Morgan fingerprint density at radius 2 is 2.16 bits per heavy atom. The number of methoxy groups -OCH3 is 1. The summed E-state index contributed by atoms with van der Waals surface area (Å²) in [5.74, 6) is 6.81. The Balaban J connectivity index is 1.60. The van der Waals surface area contributed by atoms with Crippen LogP contribution in [0.3, 0.4) is 0 Å². The maximum Gasteiger partial charge on any atom is 0.253 e. The minimum absolute atomic E-state index is 0.104. The lowest BCUT2D eigenvalue weighted by Gasteiger charge is -2.24. The van der Waals surface area contributed by atoms with E-state index in [0.717, 1.165) is 29.8 Å². The number of nitrogens with zero attached hydrogens (tertiary/aromatic N) is 3. The van der Waals surface area contributed by atoms with E-state index in [0.29, 0.717) is 40.6 Å². The minimum Gasteiger partial charge on any atom is -0.493 e. The van der Waals surface area contributed by atoms with Crippen molar-refractivity contribution in [2.24, 2.45) is 0 Å². The fraction of sp³-hybridized carbons (Fsp3) is 0.276. The summed E-state index contributed by atoms with van der Waals surface area (Å²) in [6.45, 7) is 6.19. The van der Waals surface area contributed by atoms with Crippen LogP contribution < -0.4 is 15.5 Å². The molecule has 2 aromatic heterocycles. The number of halogens is 1. The molecule has 2 aliphatic heterocycles. The van der Waals surface area contributed by atoms with E-state index in [-0.39, 0.29) is 23.9 Å². The number of para-hydroxylation sites is 1. The summed E-state index contributed by atoms with van der Waals surface area (Å²) in [6, 6.07) is 9.09. The number of carbonyl (C=O) groups excluding carboxylic acids is 2. The summed E-state index contributed by atoms with van der Waals surface area (Å²) in [5, 5.41) is 3.39. The lowest BCUT2D eigenvalue weighted by Crippen LogP contribution is -2.38. The zero-order chi connectivity index (χ0) is 26.8. The molecule has 0 bridgehead atoms. The van der Waals surface area contributed by atoms with Crippen LogP contribution >= 0.6 is 11.6 Å². The number of nitrogens with one attached hydrogen (secondary N) is 2. The maximum absolute atomic E-state index is 12.8. The number of hydrogen-bond donors (Lipinski definition) is 2. The van der Waals surface area contributed by atoms with Gasteiger partial charge in [-0.05, 0) is 50.1 Å². The van der Waals surface area contributed by atoms with Gasteiger partial charge >= 0.3 is 0 Å². The first-order valence-electron chi connectivity index (χ1n) is 12.5. The van der Waals surface area contributed by atoms with Gasteiger partial charge in [-0.3, -0.25) is 24.7 Å². The standard InChI is InChI=1S/C29H28ClN5O3/c1-4-27(36)34-18(2)8-10-20(34)11-9-19-17-31-14-12-21(19)26-16-22-25(13-15-32-29(22)37)35(26)33-24-7-5-6-23(30)28(24)38-3/h4-7,12,14,16-18,20,33H,1,8,10,13,15H2,2-3H3,(H,32,37)/t18-,20+/m1/s1. The molecule has 2 atom stereocenters. The van der Waals surface area contributed by atoms with Crippen molar-refractivity contribution in [2.45, 2.75) is 38.3 Å². The van der Waals surface area contributed by atoms with Crippen LogP contribution in [0, 0.1) is 11.8 Å². The molecular weight excluding hydrogens is 502 g/mol. The van der Waals surface area contributed by atoms with Crippen LogP contribution in [0.2, 0.25) is 5.02 Å². The second-order valence-corrected chi connectivity index (χ2v) is 9.65. The van der Waals surface area contributed by atoms with Crippen molar-refractivity contribution in [3.8, 4) is 28.8 Å². The summed E-state index contributed by atoms with van der Waals surface area (Å²) in [4.78, 5) is 31.3. The van der Waals surface area contributed by atoms with Crippen LogP contribution in [-0.4, -0.2) is 52.1 Å². The number of carbonyl (C=O) groups is 2. The van der Waals surface area contributed by atoms with Gasteiger partial charge in [-0.15, -0.1) is 0 Å². The fourth-order valence-electron chi connectivity index (χ4n) is 5.11. The average molecular weight is 530 g/mol. The molecule has 1 saturated heterocycles. The number of hydrogen-bond acceptors (Lipinski definition) is 5. The van der Waals surface area contributed by atoms with E-state index in [4.69, 9.17) is 16.3 Å². The quantitative estimate of drug-likeness (QED) is 0.380. The van der Waals surface area contributed by atoms with Gasteiger partial charge in [0.05, 0.1) is 46.4 Å². The van der Waals surface area contributed by atoms with Crippen molar-refractivity contribution in [3.05, 3.63) is 77.2 Å². The van der Waals surface area contributed by atoms with E-state index in [1.54, 1.807) is 30.5 Å². The molecule has 0 radical (unpaired) electrons. The summed E-state index contributed by atoms with van der Waals surface area (Å²) >= 11 is 6.38. The number of amides is 2. The Bertz CT molecular complexity index is 1490. The molecule has 9 heteroatoms. The molecule has 8 nitrogen and oxygen atoms in total. The second-order valence-electron chi connectivity index (χ2n) is 9.25. The third kappa shape index (κ3) is 4.61. The number of pyridine rings is 1. The van der Waals surface area contributed by atoms with Crippen molar-refractivity contribution in [1.29, 1.82) is 0 Å². The zero-order valence-electron chi connectivity index (χ0n) is 21.3. The Labute approximate surface area is 226 Å². The molecular formula is C29H28ClN5O3. The number of anilines is 1. The molecule has 3 aromatic rings. The molecule has 1 fully saturated rings. The zero-order valence-corrected chi connectivity index (χ0v) is 22.0. The van der Waals surface area contributed by atoms with E-state index >= 15 is 0 Å². The summed E-state index contributed by atoms with van der Waals surface area (Å²) < 4.78 is 7.44. The number of aromatic nitrogens is 2. The Kier molecular flexibility index (Phi) is 7.12. The molecule has 2 N–H and O–H groups in total. The van der Waals surface area contributed by atoms with E-state index in [2.05, 4.69) is 34.1 Å². The minimum atomic E-state index is -0.205. The van der Waals surface area contributed by atoms with E-state index < -0.39 is 0 Å². The van der Waals surface area contributed by atoms with Gasteiger partial charge in [0.15, 0.2) is 5.75 Å². The van der Waals surface area contributed by atoms with Gasteiger partial charge in [-0.1, -0.05) is 36.1 Å². The normalized spacial score (nSPS) is 18.2. The second kappa shape index (κ2) is 10.6. The lowest BCUT2D eigenvalue weighted by molar-refractivity contribution is -0.127. The van der Waals surface area contributed by atoms with Crippen molar-refractivity contribution in [2.75, 3.05) is 19.1 Å². The Morgan fingerprint density at radius 3 is 2.95 bits per heavy atom. The molecule has 194 valence electrons. The lowest BCUT2D eigenvalue weighted by atomic mass is 10.1. The number of ether oxygens (including phenoxy) is 1. The SMILES string of the molecule is C=CC(=O)N1[C@H](C)CC[C@H]1C#Cc1cnccc1-c1cc2c(n1Nc1cccc(Cl)c1OC)CCNC2=O. The molecule has 2 aliphatic rings. The molecule has 0 spiro atoms. The first-order chi connectivity index (χ1) is 18.4. The van der Waals surface area contributed by atoms with Gasteiger partial charge in [-0.25, -0.2) is 0 Å². The van der Waals surface area contributed by atoms with Gasteiger partial charge in [0, 0.05) is 37.0 Å². The van der Waals surface area contributed by atoms with Crippen LogP contribution in [-0.2, 0) is 11.2 Å². The predicted octanol–water partition coefficient (Wildman–Crippen LogP) is 4.29. The summed E-state index contributed by atoms with van der Waals surface area (Å²) in [6.07, 6.45) is 7.06. The molecule has 1 aromatic carbocycles. The number of rotatable bonds is 5. The van der Waals surface area contributed by atoms with Crippen LogP contribution in [0.1, 0.15) is 41.4 Å². The van der Waals surface area contributed by atoms with E-state index in [9.17, 15) is 9.59 Å². The molecule has 0 unspecified atom stereocenters. The topological polar surface area (TPSA) is 88.5 Å². The van der Waals surface area contributed by atoms with Crippen LogP contribution in [0.5, 0.6) is 5.75 Å². The summed E-state index contributed by atoms with van der Waals surface area (Å²) in [5.41, 5.74) is 7.74. The fourth-order valence-corrected chi connectivity index (χ4v) is 5.37. The molecule has 4 heterocycles. The van der Waals surface area contributed by atoms with Crippen molar-refractivity contribution >= 4 is 29.1 Å². The number of benzene rings is 1. The largest absolute Gasteiger partial charge is 0.493 e. The molecule has 2 amide bonds. The highest BCUT2D eigenvalue weighted by atomic mass is 35.5. The van der Waals surface area contributed by atoms with Gasteiger partial charge in [0.25, 0.3) is 5.91 Å². The highest BCUT2D eigenvalue weighted by molar-refractivity contribution is 6.32. The third-order valence-electron chi connectivity index (χ3n) is 6.97. The molecule has 0 aliphatic carbocycles. The Hall–Kier alpha value is -4.22. The average Bonchev–Trinajstić information content (AvgIpc) is 3.48. The predicted molar refractivity (Wildman–Crippen MR) is 147 cm³/mol. The highest BCUT2D eigenvalue weighted by Crippen LogP contribution is 2.35. The number of fused-ring (bicyclic) bond motifs is 1. The van der Waals surface area contributed by atoms with Crippen molar-refractivity contribution in [1.82, 2.24) is 19.9 Å². The van der Waals surface area contributed by atoms with Crippen molar-refractivity contribution in [3.63, 3.8) is 0 Å².